The van der Waals surface area contributed by atoms with Crippen LogP contribution in [0.3, 0.4) is 0 Å². The van der Waals surface area contributed by atoms with Crippen LogP contribution in [0.15, 0.2) is 78.9 Å². The largest absolute Gasteiger partial charge is 0.481 e. The second-order valence-corrected chi connectivity index (χ2v) is 13.6. The van der Waals surface area contributed by atoms with E-state index in [1.54, 1.807) is 71.6 Å². The van der Waals surface area contributed by atoms with Crippen molar-refractivity contribution < 1.29 is 27.9 Å². The Labute approximate surface area is 255 Å². The van der Waals surface area contributed by atoms with Crippen molar-refractivity contribution in [1.82, 2.24) is 4.90 Å². The Morgan fingerprint density at radius 3 is 2.29 bits per heavy atom. The lowest BCUT2D eigenvalue weighted by atomic mass is 9.89. The van der Waals surface area contributed by atoms with Crippen LogP contribution in [-0.2, 0) is 24.3 Å². The number of rotatable bonds is 11. The number of amides is 1. The molecule has 0 aromatic heterocycles. The average molecular weight is 632 g/mol. The number of morpholine rings is 1. The summed E-state index contributed by atoms with van der Waals surface area (Å²) < 4.78 is 35.1. The van der Waals surface area contributed by atoms with Crippen molar-refractivity contribution in [1.29, 1.82) is 0 Å². The van der Waals surface area contributed by atoms with E-state index >= 15 is 0 Å². The van der Waals surface area contributed by atoms with E-state index in [9.17, 15) is 23.1 Å². The van der Waals surface area contributed by atoms with Gasteiger partial charge in [-0.3, -0.25) is 13.9 Å². The molecule has 222 valence electrons. The summed E-state index contributed by atoms with van der Waals surface area (Å²) in [6.45, 7) is 1.89. The molecule has 4 atom stereocenters. The van der Waals surface area contributed by atoms with Crippen molar-refractivity contribution in [2.75, 3.05) is 10.8 Å². The molecule has 0 bridgehead atoms. The third kappa shape index (κ3) is 6.44. The summed E-state index contributed by atoms with van der Waals surface area (Å²) >= 11 is 12.6. The van der Waals surface area contributed by atoms with E-state index in [-0.39, 0.29) is 6.54 Å². The molecule has 8 nitrogen and oxygen atoms in total. The van der Waals surface area contributed by atoms with Crippen LogP contribution in [0.1, 0.15) is 55.9 Å². The molecule has 0 unspecified atom stereocenters. The predicted octanol–water partition coefficient (Wildman–Crippen LogP) is 6.26. The molecule has 3 aromatic carbocycles. The maximum atomic E-state index is 14.2. The third-order valence-electron chi connectivity index (χ3n) is 7.71. The standard InChI is InChI=1S/C31H32Cl2N2O6S/c1-2-24(19-34(25-9-4-3-5-10-25)42(39,40)26-15-16-26)35-29(20-11-13-22(32)14-12-20)30(21-7-6-8-23(33)17-21)41-27(31(35)38)18-28(36)37/h3-14,17,24,26-27,29-30H,2,15-16,18-19H2,1H3,(H,36,37)/t24-,27-,29-,30+/m1/s1. The van der Waals surface area contributed by atoms with Gasteiger partial charge in [-0.15, -0.1) is 0 Å². The van der Waals surface area contributed by atoms with Gasteiger partial charge in [-0.2, -0.15) is 0 Å². The molecule has 0 spiro atoms. The number of hydrogen-bond acceptors (Lipinski definition) is 5. The van der Waals surface area contributed by atoms with Gasteiger partial charge < -0.3 is 14.7 Å². The van der Waals surface area contributed by atoms with Crippen molar-refractivity contribution in [3.05, 3.63) is 100 Å². The summed E-state index contributed by atoms with van der Waals surface area (Å²) in [5.41, 5.74) is 1.89. The fourth-order valence-electron chi connectivity index (χ4n) is 5.50. The van der Waals surface area contributed by atoms with E-state index in [4.69, 9.17) is 27.9 Å². The Kier molecular flexibility index (Phi) is 9.13. The molecule has 1 aliphatic heterocycles. The molecule has 1 N–H and O–H groups in total. The molecule has 2 fully saturated rings. The molecule has 2 aliphatic rings. The molecule has 5 rings (SSSR count). The van der Waals surface area contributed by atoms with Crippen LogP contribution >= 0.6 is 23.2 Å². The summed E-state index contributed by atoms with van der Waals surface area (Å²) in [5.74, 6) is -1.70. The van der Waals surface area contributed by atoms with Crippen LogP contribution in [0, 0.1) is 0 Å². The summed E-state index contributed by atoms with van der Waals surface area (Å²) in [7, 11) is -3.70. The number of benzene rings is 3. The van der Waals surface area contributed by atoms with E-state index in [1.807, 2.05) is 19.1 Å². The number of carbonyl (C=O) groups is 2. The number of carboxylic acids is 1. The Balaban J connectivity index is 1.64. The first-order valence-corrected chi connectivity index (χ1v) is 16.1. The molecule has 1 aliphatic carbocycles. The summed E-state index contributed by atoms with van der Waals surface area (Å²) in [6.07, 6.45) is -1.03. The SMILES string of the molecule is CC[C@H](CN(c1ccccc1)S(=O)(=O)C1CC1)N1C(=O)[C@@H](CC(=O)O)O[C@@H](c2cccc(Cl)c2)[C@H]1c1ccc(Cl)cc1. The number of carbonyl (C=O) groups excluding carboxylic acids is 1. The van der Waals surface area contributed by atoms with Crippen LogP contribution in [0.4, 0.5) is 5.69 Å². The zero-order chi connectivity index (χ0) is 30.0. The maximum Gasteiger partial charge on any atom is 0.306 e. The lowest BCUT2D eigenvalue weighted by Crippen LogP contribution is -2.58. The number of carboxylic acid groups (broad SMARTS) is 1. The number of hydrogen-bond donors (Lipinski definition) is 1. The first kappa shape index (κ1) is 30.4. The molecule has 1 saturated carbocycles. The highest BCUT2D eigenvalue weighted by molar-refractivity contribution is 7.93. The van der Waals surface area contributed by atoms with Crippen molar-refractivity contribution in [2.45, 2.75) is 62.1 Å². The molecular formula is C31H32Cl2N2O6S. The van der Waals surface area contributed by atoms with Gasteiger partial charge >= 0.3 is 5.97 Å². The van der Waals surface area contributed by atoms with E-state index < -0.39 is 57.9 Å². The van der Waals surface area contributed by atoms with Crippen LogP contribution in [0.2, 0.25) is 10.0 Å². The number of ether oxygens (including phenoxy) is 1. The third-order valence-corrected chi connectivity index (χ3v) is 10.5. The molecular weight excluding hydrogens is 599 g/mol. The van der Waals surface area contributed by atoms with Gasteiger partial charge in [0.05, 0.1) is 36.0 Å². The average Bonchev–Trinajstić information content (AvgIpc) is 3.82. The van der Waals surface area contributed by atoms with Crippen molar-refractivity contribution in [3.8, 4) is 0 Å². The fourth-order valence-corrected chi connectivity index (χ4v) is 7.71. The topological polar surface area (TPSA) is 104 Å². The fraction of sp³-hybridized carbons (Fsp3) is 0.355. The van der Waals surface area contributed by atoms with E-state index in [0.29, 0.717) is 46.1 Å². The highest BCUT2D eigenvalue weighted by Crippen LogP contribution is 2.45. The maximum absolute atomic E-state index is 14.2. The minimum absolute atomic E-state index is 0.00274. The zero-order valence-electron chi connectivity index (χ0n) is 23.0. The van der Waals surface area contributed by atoms with Crippen LogP contribution < -0.4 is 4.31 Å². The molecule has 11 heteroatoms. The Morgan fingerprint density at radius 1 is 1.00 bits per heavy atom. The number of sulfonamides is 1. The van der Waals surface area contributed by atoms with E-state index in [2.05, 4.69) is 0 Å². The Hall–Kier alpha value is -3.11. The second-order valence-electron chi connectivity index (χ2n) is 10.6. The quantitative estimate of drug-likeness (QED) is 0.268. The van der Waals surface area contributed by atoms with Crippen molar-refractivity contribution in [2.24, 2.45) is 0 Å². The summed E-state index contributed by atoms with van der Waals surface area (Å²) in [5, 5.41) is 10.2. The summed E-state index contributed by atoms with van der Waals surface area (Å²) in [6, 6.07) is 21.6. The Morgan fingerprint density at radius 2 is 1.69 bits per heavy atom. The minimum Gasteiger partial charge on any atom is -0.481 e. The van der Waals surface area contributed by atoms with Gasteiger partial charge in [0.2, 0.25) is 10.0 Å². The summed E-state index contributed by atoms with van der Waals surface area (Å²) in [4.78, 5) is 27.7. The smallest absolute Gasteiger partial charge is 0.306 e. The van der Waals surface area contributed by atoms with Gasteiger partial charge in [-0.25, -0.2) is 8.42 Å². The van der Waals surface area contributed by atoms with Gasteiger partial charge in [0.25, 0.3) is 5.91 Å². The Bertz CT molecular complexity index is 1530. The predicted molar refractivity (Wildman–Crippen MR) is 162 cm³/mol. The molecule has 1 amide bonds. The molecule has 42 heavy (non-hydrogen) atoms. The van der Waals surface area contributed by atoms with Crippen molar-refractivity contribution >= 4 is 50.8 Å². The number of anilines is 1. The molecule has 0 radical (unpaired) electrons. The van der Waals surface area contributed by atoms with Gasteiger partial charge in [-0.05, 0) is 66.8 Å². The van der Waals surface area contributed by atoms with Gasteiger partial charge in [0.15, 0.2) is 0 Å². The van der Waals surface area contributed by atoms with Crippen LogP contribution in [0.25, 0.3) is 0 Å². The number of aliphatic carboxylic acids is 1. The molecule has 3 aromatic rings. The first-order valence-electron chi connectivity index (χ1n) is 13.9. The lowest BCUT2D eigenvalue weighted by Gasteiger charge is -2.48. The minimum atomic E-state index is -3.70. The van der Waals surface area contributed by atoms with Crippen LogP contribution in [-0.4, -0.2) is 54.2 Å². The lowest BCUT2D eigenvalue weighted by molar-refractivity contribution is -0.183. The number of para-hydroxylation sites is 1. The van der Waals surface area contributed by atoms with E-state index in [0.717, 1.165) is 0 Å². The highest BCUT2D eigenvalue weighted by Gasteiger charge is 2.49. The number of halogens is 2. The van der Waals surface area contributed by atoms with Gasteiger partial charge in [0.1, 0.15) is 12.2 Å². The van der Waals surface area contributed by atoms with Crippen molar-refractivity contribution in [3.63, 3.8) is 0 Å². The van der Waals surface area contributed by atoms with Gasteiger partial charge in [-0.1, -0.05) is 72.6 Å². The van der Waals surface area contributed by atoms with Gasteiger partial charge in [0, 0.05) is 10.0 Å². The van der Waals surface area contributed by atoms with E-state index in [1.165, 1.54) is 4.31 Å². The first-order chi connectivity index (χ1) is 20.1. The molecule has 1 heterocycles. The van der Waals surface area contributed by atoms with Crippen LogP contribution in [0.5, 0.6) is 0 Å². The number of nitrogens with zero attached hydrogens (tertiary/aromatic N) is 2. The zero-order valence-corrected chi connectivity index (χ0v) is 25.3. The normalized spacial score (nSPS) is 21.6. The monoisotopic (exact) mass is 630 g/mol. The molecule has 1 saturated heterocycles. The second kappa shape index (κ2) is 12.6. The highest BCUT2D eigenvalue weighted by atomic mass is 35.5.